The van der Waals surface area contributed by atoms with E-state index in [1.807, 2.05) is 0 Å². The van der Waals surface area contributed by atoms with Crippen LogP contribution >= 0.6 is 0 Å². The Morgan fingerprint density at radius 3 is 3.25 bits per heavy atom. The average molecular weight is 281 g/mol. The SMILES string of the molecule is COC[C@@H]1CC(O)[C@H](n2cnc3c(=O)[nH]c(N)nc32)O1. The molecule has 2 aromatic rings. The molecule has 0 spiro atoms. The first-order valence-electron chi connectivity index (χ1n) is 6.15. The van der Waals surface area contributed by atoms with Crippen molar-refractivity contribution in [3.8, 4) is 0 Å². The van der Waals surface area contributed by atoms with Crippen LogP contribution in [0.3, 0.4) is 0 Å². The highest BCUT2D eigenvalue weighted by molar-refractivity contribution is 5.70. The van der Waals surface area contributed by atoms with Gasteiger partial charge < -0.3 is 20.3 Å². The highest BCUT2D eigenvalue weighted by Crippen LogP contribution is 2.30. The first-order chi connectivity index (χ1) is 9.60. The van der Waals surface area contributed by atoms with Crippen LogP contribution < -0.4 is 11.3 Å². The summed E-state index contributed by atoms with van der Waals surface area (Å²) in [6, 6.07) is 0. The Labute approximate surface area is 113 Å². The van der Waals surface area contributed by atoms with Crippen molar-refractivity contribution >= 4 is 17.1 Å². The summed E-state index contributed by atoms with van der Waals surface area (Å²) < 4.78 is 12.2. The highest BCUT2D eigenvalue weighted by atomic mass is 16.6. The number of fused-ring (bicyclic) bond motifs is 1. The fourth-order valence-corrected chi connectivity index (χ4v) is 2.40. The van der Waals surface area contributed by atoms with Gasteiger partial charge in [0.15, 0.2) is 17.4 Å². The number of nitrogen functional groups attached to an aromatic ring is 1. The number of methoxy groups -OCH3 is 1. The number of hydrogen-bond donors (Lipinski definition) is 3. The van der Waals surface area contributed by atoms with Gasteiger partial charge in [-0.1, -0.05) is 0 Å². The van der Waals surface area contributed by atoms with Crippen LogP contribution in [0, 0.1) is 0 Å². The maximum absolute atomic E-state index is 11.7. The number of H-pyrrole nitrogens is 1. The number of nitrogens with zero attached hydrogens (tertiary/aromatic N) is 3. The third kappa shape index (κ3) is 2.05. The largest absolute Gasteiger partial charge is 0.388 e. The number of ether oxygens (including phenoxy) is 2. The minimum Gasteiger partial charge on any atom is -0.388 e. The summed E-state index contributed by atoms with van der Waals surface area (Å²) in [5.41, 5.74) is 5.55. The molecule has 108 valence electrons. The summed E-state index contributed by atoms with van der Waals surface area (Å²) in [6.45, 7) is 0.385. The number of anilines is 1. The summed E-state index contributed by atoms with van der Waals surface area (Å²) in [5, 5.41) is 10.1. The van der Waals surface area contributed by atoms with Crippen LogP contribution in [0.25, 0.3) is 11.2 Å². The maximum Gasteiger partial charge on any atom is 0.280 e. The Morgan fingerprint density at radius 2 is 2.50 bits per heavy atom. The van der Waals surface area contributed by atoms with Crippen LogP contribution in [0.2, 0.25) is 0 Å². The van der Waals surface area contributed by atoms with Gasteiger partial charge in [0.2, 0.25) is 5.95 Å². The molecule has 0 saturated carbocycles. The lowest BCUT2D eigenvalue weighted by Gasteiger charge is -2.16. The Morgan fingerprint density at radius 1 is 1.70 bits per heavy atom. The van der Waals surface area contributed by atoms with Gasteiger partial charge in [-0.3, -0.25) is 14.3 Å². The molecule has 0 aromatic carbocycles. The van der Waals surface area contributed by atoms with Crippen LogP contribution in [0.5, 0.6) is 0 Å². The third-order valence-electron chi connectivity index (χ3n) is 3.24. The number of hydrogen-bond acceptors (Lipinski definition) is 7. The Bertz CT molecular complexity index is 681. The molecule has 1 fully saturated rings. The van der Waals surface area contributed by atoms with Gasteiger partial charge in [0.05, 0.1) is 19.0 Å². The second-order valence-corrected chi connectivity index (χ2v) is 4.68. The minimum atomic E-state index is -0.727. The molecule has 1 saturated heterocycles. The number of aromatic nitrogens is 4. The van der Waals surface area contributed by atoms with Gasteiger partial charge in [-0.2, -0.15) is 4.98 Å². The van der Waals surface area contributed by atoms with Gasteiger partial charge >= 0.3 is 0 Å². The van der Waals surface area contributed by atoms with Crippen molar-refractivity contribution in [2.75, 3.05) is 19.5 Å². The van der Waals surface area contributed by atoms with Crippen molar-refractivity contribution in [2.45, 2.75) is 24.9 Å². The zero-order valence-corrected chi connectivity index (χ0v) is 10.8. The molecule has 3 heterocycles. The quantitative estimate of drug-likeness (QED) is 0.658. The molecule has 9 nitrogen and oxygen atoms in total. The zero-order chi connectivity index (χ0) is 14.3. The lowest BCUT2D eigenvalue weighted by Crippen LogP contribution is -2.20. The summed E-state index contributed by atoms with van der Waals surface area (Å²) in [5.74, 6) is -0.00909. The molecule has 3 atom stereocenters. The van der Waals surface area contributed by atoms with Crippen LogP contribution in [0.1, 0.15) is 12.6 Å². The number of aliphatic hydroxyl groups is 1. The maximum atomic E-state index is 11.7. The van der Waals surface area contributed by atoms with Crippen molar-refractivity contribution in [3.05, 3.63) is 16.7 Å². The topological polar surface area (TPSA) is 128 Å². The van der Waals surface area contributed by atoms with E-state index in [0.717, 1.165) is 0 Å². The van der Waals surface area contributed by atoms with Crippen LogP contribution in [0.15, 0.2) is 11.1 Å². The van der Waals surface area contributed by atoms with E-state index >= 15 is 0 Å². The second kappa shape index (κ2) is 4.85. The molecule has 20 heavy (non-hydrogen) atoms. The van der Waals surface area contributed by atoms with E-state index in [1.165, 1.54) is 10.9 Å². The summed E-state index contributed by atoms with van der Waals surface area (Å²) in [6.07, 6.45) is 0.257. The van der Waals surface area contributed by atoms with Gasteiger partial charge in [-0.15, -0.1) is 0 Å². The molecule has 1 aliphatic rings. The van der Waals surface area contributed by atoms with E-state index in [4.69, 9.17) is 15.2 Å². The number of imidazole rings is 1. The third-order valence-corrected chi connectivity index (χ3v) is 3.24. The Kier molecular flexibility index (Phi) is 3.16. The average Bonchev–Trinajstić information content (AvgIpc) is 2.93. The predicted octanol–water partition coefficient (Wildman–Crippen LogP) is -1.00. The highest BCUT2D eigenvalue weighted by Gasteiger charge is 2.36. The molecule has 0 radical (unpaired) electrons. The minimum absolute atomic E-state index is 0.00909. The zero-order valence-electron chi connectivity index (χ0n) is 10.8. The van der Waals surface area contributed by atoms with E-state index in [1.54, 1.807) is 7.11 Å². The van der Waals surface area contributed by atoms with Crippen LogP contribution in [-0.4, -0.2) is 50.6 Å². The van der Waals surface area contributed by atoms with Crippen molar-refractivity contribution in [1.29, 1.82) is 0 Å². The summed E-state index contributed by atoms with van der Waals surface area (Å²) in [4.78, 5) is 22.1. The molecular formula is C11H15N5O4. The van der Waals surface area contributed by atoms with E-state index in [2.05, 4.69) is 15.0 Å². The van der Waals surface area contributed by atoms with Crippen molar-refractivity contribution in [3.63, 3.8) is 0 Å². The van der Waals surface area contributed by atoms with Crippen LogP contribution in [0.4, 0.5) is 5.95 Å². The van der Waals surface area contributed by atoms with Crippen molar-refractivity contribution in [2.24, 2.45) is 0 Å². The molecule has 1 unspecified atom stereocenters. The smallest absolute Gasteiger partial charge is 0.280 e. The summed E-state index contributed by atoms with van der Waals surface area (Å²) in [7, 11) is 1.57. The van der Waals surface area contributed by atoms with E-state index in [9.17, 15) is 9.90 Å². The normalized spacial score (nSPS) is 26.4. The fourth-order valence-electron chi connectivity index (χ4n) is 2.40. The monoisotopic (exact) mass is 281 g/mol. The molecule has 3 rings (SSSR count). The number of aliphatic hydroxyl groups excluding tert-OH is 1. The number of nitrogens with one attached hydrogen (secondary N) is 1. The molecular weight excluding hydrogens is 266 g/mol. The molecule has 0 amide bonds. The second-order valence-electron chi connectivity index (χ2n) is 4.68. The predicted molar refractivity (Wildman–Crippen MR) is 69.0 cm³/mol. The first-order valence-corrected chi connectivity index (χ1v) is 6.15. The molecule has 4 N–H and O–H groups in total. The lowest BCUT2D eigenvalue weighted by atomic mass is 10.2. The van der Waals surface area contributed by atoms with E-state index in [0.29, 0.717) is 13.0 Å². The Balaban J connectivity index is 2.01. The van der Waals surface area contributed by atoms with Gasteiger partial charge in [0, 0.05) is 13.5 Å². The van der Waals surface area contributed by atoms with Crippen LogP contribution in [-0.2, 0) is 9.47 Å². The lowest BCUT2D eigenvalue weighted by molar-refractivity contribution is -0.0541. The van der Waals surface area contributed by atoms with Gasteiger partial charge in [0.25, 0.3) is 5.56 Å². The molecule has 1 aliphatic heterocycles. The number of rotatable bonds is 3. The van der Waals surface area contributed by atoms with Gasteiger partial charge in [-0.25, -0.2) is 4.98 Å². The van der Waals surface area contributed by atoms with Crippen molar-refractivity contribution < 1.29 is 14.6 Å². The fraction of sp³-hybridized carbons (Fsp3) is 0.545. The van der Waals surface area contributed by atoms with Crippen molar-refractivity contribution in [1.82, 2.24) is 19.5 Å². The standard InChI is InChI=1S/C11H15N5O4/c1-19-3-5-2-6(17)10(20-5)16-4-13-7-8(16)14-11(12)15-9(7)18/h4-6,10,17H,2-3H2,1H3,(H3,12,14,15,18)/t5-,6?,10+/m0/s1. The van der Waals surface area contributed by atoms with E-state index < -0.39 is 17.9 Å². The van der Waals surface area contributed by atoms with Gasteiger partial charge in [0.1, 0.15) is 6.10 Å². The first kappa shape index (κ1) is 13.0. The molecule has 9 heteroatoms. The van der Waals surface area contributed by atoms with Gasteiger partial charge in [-0.05, 0) is 0 Å². The summed E-state index contributed by atoms with van der Waals surface area (Å²) >= 11 is 0. The number of nitrogens with two attached hydrogens (primary N) is 1. The number of aromatic amines is 1. The molecule has 2 aromatic heterocycles. The van der Waals surface area contributed by atoms with E-state index in [-0.39, 0.29) is 23.2 Å². The molecule has 0 aliphatic carbocycles. The Hall–Kier alpha value is -1.97. The molecule has 0 bridgehead atoms.